The molecule has 0 aliphatic heterocycles. The second kappa shape index (κ2) is 5.72. The largest absolute Gasteiger partial charge is 0.496 e. The molecule has 1 fully saturated rings. The van der Waals surface area contributed by atoms with Crippen LogP contribution in [-0.4, -0.2) is 29.9 Å². The first kappa shape index (κ1) is 15.0. The number of carbonyl (C=O) groups is 1. The maximum atomic E-state index is 12.9. The molecule has 1 aromatic heterocycles. The van der Waals surface area contributed by atoms with Gasteiger partial charge >= 0.3 is 0 Å². The molecule has 1 heterocycles. The Morgan fingerprint density at radius 3 is 2.82 bits per heavy atom. The van der Waals surface area contributed by atoms with Gasteiger partial charge in [0.1, 0.15) is 5.75 Å². The van der Waals surface area contributed by atoms with E-state index in [1.54, 1.807) is 28.9 Å². The summed E-state index contributed by atoms with van der Waals surface area (Å²) < 4.78 is 5.40. The first-order valence-corrected chi connectivity index (χ1v) is 8.29. The quantitative estimate of drug-likeness (QED) is 0.851. The molecule has 1 amide bonds. The van der Waals surface area contributed by atoms with Crippen molar-refractivity contribution in [3.8, 4) is 5.75 Å². The summed E-state index contributed by atoms with van der Waals surface area (Å²) in [4.78, 5) is 18.9. The third kappa shape index (κ3) is 2.61. The number of ether oxygens (including phenoxy) is 1. The van der Waals surface area contributed by atoms with Crippen LogP contribution >= 0.6 is 11.3 Å². The smallest absolute Gasteiger partial charge is 0.233 e. The number of hydrogen-bond acceptors (Lipinski definition) is 4. The summed E-state index contributed by atoms with van der Waals surface area (Å²) in [5.74, 6) is 1.02. The van der Waals surface area contributed by atoms with Gasteiger partial charge < -0.3 is 9.64 Å². The van der Waals surface area contributed by atoms with Crippen molar-refractivity contribution in [2.45, 2.75) is 31.7 Å². The molecule has 2 aromatic rings. The van der Waals surface area contributed by atoms with E-state index in [0.29, 0.717) is 6.54 Å². The molecule has 22 heavy (non-hydrogen) atoms. The second-order valence-corrected chi connectivity index (χ2v) is 6.63. The van der Waals surface area contributed by atoms with Crippen molar-refractivity contribution in [1.29, 1.82) is 0 Å². The van der Waals surface area contributed by atoms with Gasteiger partial charge in [-0.25, -0.2) is 4.98 Å². The van der Waals surface area contributed by atoms with Gasteiger partial charge in [-0.1, -0.05) is 12.1 Å². The molecule has 0 bridgehead atoms. The lowest BCUT2D eigenvalue weighted by molar-refractivity contribution is -0.133. The van der Waals surface area contributed by atoms with Crippen molar-refractivity contribution in [3.63, 3.8) is 0 Å². The monoisotopic (exact) mass is 316 g/mol. The fraction of sp³-hybridized carbons (Fsp3) is 0.412. The summed E-state index contributed by atoms with van der Waals surface area (Å²) in [5.41, 5.74) is 4.52. The van der Waals surface area contributed by atoms with E-state index < -0.39 is 0 Å². The highest BCUT2D eigenvalue weighted by molar-refractivity contribution is 7.07. The van der Waals surface area contributed by atoms with E-state index in [1.165, 1.54) is 0 Å². The molecule has 3 rings (SSSR count). The second-order valence-electron chi connectivity index (χ2n) is 5.91. The number of nitrogens with zero attached hydrogens (tertiary/aromatic N) is 2. The lowest BCUT2D eigenvalue weighted by Crippen LogP contribution is -2.36. The first-order valence-electron chi connectivity index (χ1n) is 7.34. The van der Waals surface area contributed by atoms with Crippen LogP contribution in [0.2, 0.25) is 0 Å². The van der Waals surface area contributed by atoms with Gasteiger partial charge in [0.25, 0.3) is 0 Å². The SMILES string of the molecule is COc1cc(C2(C(=O)N(C)Cc3cscn3)CC2)ccc1C. The summed E-state index contributed by atoms with van der Waals surface area (Å²) in [5, 5.41) is 1.98. The lowest BCUT2D eigenvalue weighted by Gasteiger charge is -2.24. The summed E-state index contributed by atoms with van der Waals surface area (Å²) in [6.45, 7) is 2.57. The molecule has 0 spiro atoms. The highest BCUT2D eigenvalue weighted by atomic mass is 32.1. The van der Waals surface area contributed by atoms with Crippen molar-refractivity contribution in [2.24, 2.45) is 0 Å². The van der Waals surface area contributed by atoms with Crippen LogP contribution in [0.25, 0.3) is 0 Å². The fourth-order valence-electron chi connectivity index (χ4n) is 2.86. The first-order chi connectivity index (χ1) is 10.6. The van der Waals surface area contributed by atoms with Crippen LogP contribution in [0.3, 0.4) is 0 Å². The molecule has 116 valence electrons. The van der Waals surface area contributed by atoms with Crippen LogP contribution in [0, 0.1) is 6.92 Å². The maximum absolute atomic E-state index is 12.9. The Balaban J connectivity index is 1.82. The van der Waals surface area contributed by atoms with Crippen LogP contribution in [0.5, 0.6) is 5.75 Å². The zero-order valence-corrected chi connectivity index (χ0v) is 13.9. The van der Waals surface area contributed by atoms with Gasteiger partial charge in [-0.2, -0.15) is 0 Å². The highest BCUT2D eigenvalue weighted by Crippen LogP contribution is 2.50. The van der Waals surface area contributed by atoms with Crippen molar-refractivity contribution in [3.05, 3.63) is 45.9 Å². The molecule has 1 saturated carbocycles. The zero-order valence-electron chi connectivity index (χ0n) is 13.1. The van der Waals surface area contributed by atoms with Gasteiger partial charge in [0.2, 0.25) is 5.91 Å². The van der Waals surface area contributed by atoms with Crippen LogP contribution in [0.4, 0.5) is 0 Å². The Morgan fingerprint density at radius 2 is 2.23 bits per heavy atom. The molecule has 5 heteroatoms. The summed E-state index contributed by atoms with van der Waals surface area (Å²) >= 11 is 1.55. The van der Waals surface area contributed by atoms with E-state index in [0.717, 1.165) is 35.4 Å². The standard InChI is InChI=1S/C17H20N2O2S/c1-12-4-5-13(8-15(12)21-3)17(6-7-17)16(20)19(2)9-14-10-22-11-18-14/h4-5,8,10-11H,6-7,9H2,1-3H3. The predicted molar refractivity (Wildman–Crippen MR) is 87.2 cm³/mol. The van der Waals surface area contributed by atoms with Crippen LogP contribution < -0.4 is 4.74 Å². The Hall–Kier alpha value is -1.88. The van der Waals surface area contributed by atoms with E-state index in [2.05, 4.69) is 11.1 Å². The van der Waals surface area contributed by atoms with Crippen LogP contribution in [-0.2, 0) is 16.8 Å². The molecular formula is C17H20N2O2S. The Morgan fingerprint density at radius 1 is 1.45 bits per heavy atom. The molecule has 1 aliphatic carbocycles. The number of aryl methyl sites for hydroxylation is 1. The molecule has 0 saturated heterocycles. The summed E-state index contributed by atoms with van der Waals surface area (Å²) in [6.07, 6.45) is 1.80. The van der Waals surface area contributed by atoms with Crippen LogP contribution in [0.15, 0.2) is 29.1 Å². The zero-order chi connectivity index (χ0) is 15.7. The number of benzene rings is 1. The van der Waals surface area contributed by atoms with Gasteiger partial charge in [0.05, 0.1) is 30.3 Å². The fourth-order valence-corrected chi connectivity index (χ4v) is 3.41. The van der Waals surface area contributed by atoms with Crippen molar-refractivity contribution in [1.82, 2.24) is 9.88 Å². The van der Waals surface area contributed by atoms with Crippen molar-refractivity contribution in [2.75, 3.05) is 14.2 Å². The molecular weight excluding hydrogens is 296 g/mol. The average Bonchev–Trinajstić information content (AvgIpc) is 3.18. The molecule has 4 nitrogen and oxygen atoms in total. The predicted octanol–water partition coefficient (Wildman–Crippen LogP) is 3.15. The Kier molecular flexibility index (Phi) is 3.91. The molecule has 0 unspecified atom stereocenters. The van der Waals surface area contributed by atoms with E-state index in [9.17, 15) is 4.79 Å². The number of methoxy groups -OCH3 is 1. The molecule has 1 aliphatic rings. The minimum Gasteiger partial charge on any atom is -0.496 e. The van der Waals surface area contributed by atoms with Gasteiger partial charge in [-0.15, -0.1) is 11.3 Å². The number of hydrogen-bond donors (Lipinski definition) is 0. The molecule has 0 radical (unpaired) electrons. The minimum absolute atomic E-state index is 0.173. The molecule has 0 atom stereocenters. The van der Waals surface area contributed by atoms with E-state index >= 15 is 0 Å². The van der Waals surface area contributed by atoms with Crippen LogP contribution in [0.1, 0.15) is 29.7 Å². The Labute approximate surface area is 134 Å². The lowest BCUT2D eigenvalue weighted by atomic mass is 9.93. The Bertz CT molecular complexity index is 678. The summed E-state index contributed by atoms with van der Waals surface area (Å²) in [7, 11) is 3.52. The van der Waals surface area contributed by atoms with Gasteiger partial charge in [0, 0.05) is 12.4 Å². The number of thiazole rings is 1. The normalized spacial score (nSPS) is 15.4. The third-order valence-corrected chi connectivity index (χ3v) is 4.98. The van der Waals surface area contributed by atoms with Gasteiger partial charge in [0.15, 0.2) is 0 Å². The van der Waals surface area contributed by atoms with Gasteiger partial charge in [-0.3, -0.25) is 4.79 Å². The summed E-state index contributed by atoms with van der Waals surface area (Å²) in [6, 6.07) is 6.10. The minimum atomic E-state index is -0.369. The van der Waals surface area contributed by atoms with E-state index in [-0.39, 0.29) is 11.3 Å². The third-order valence-electron chi connectivity index (χ3n) is 4.35. The highest BCUT2D eigenvalue weighted by Gasteiger charge is 2.52. The van der Waals surface area contributed by atoms with Crippen molar-refractivity contribution < 1.29 is 9.53 Å². The maximum Gasteiger partial charge on any atom is 0.233 e. The number of aromatic nitrogens is 1. The number of carbonyl (C=O) groups excluding carboxylic acids is 1. The molecule has 1 aromatic carbocycles. The van der Waals surface area contributed by atoms with Gasteiger partial charge in [-0.05, 0) is 37.0 Å². The number of rotatable bonds is 5. The van der Waals surface area contributed by atoms with Crippen molar-refractivity contribution >= 4 is 17.2 Å². The average molecular weight is 316 g/mol. The van der Waals surface area contributed by atoms with E-state index in [1.807, 2.05) is 31.5 Å². The van der Waals surface area contributed by atoms with E-state index in [4.69, 9.17) is 4.74 Å². The number of likely N-dealkylation sites (N-methyl/N-ethyl adjacent to an activating group) is 1. The topological polar surface area (TPSA) is 42.4 Å². The number of amides is 1. The molecule has 0 N–H and O–H groups in total.